The van der Waals surface area contributed by atoms with Crippen molar-refractivity contribution >= 4 is 15.9 Å². The van der Waals surface area contributed by atoms with Crippen LogP contribution in [-0.2, 0) is 28.9 Å². The highest BCUT2D eigenvalue weighted by molar-refractivity contribution is 9.10. The Morgan fingerprint density at radius 1 is 1.17 bits per heavy atom. The zero-order valence-electron chi connectivity index (χ0n) is 12.9. The van der Waals surface area contributed by atoms with Gasteiger partial charge in [0.25, 0.3) is 5.79 Å². The van der Waals surface area contributed by atoms with Crippen LogP contribution >= 0.6 is 15.9 Å². The van der Waals surface area contributed by atoms with Crippen LogP contribution in [0.1, 0.15) is 23.1 Å². The maximum absolute atomic E-state index is 14.8. The van der Waals surface area contributed by atoms with E-state index in [-0.39, 0.29) is 5.82 Å². The highest BCUT2D eigenvalue weighted by atomic mass is 79.9. The molecule has 0 bridgehead atoms. The van der Waals surface area contributed by atoms with Crippen molar-refractivity contribution in [3.8, 4) is 5.75 Å². The molecule has 1 spiro atoms. The zero-order valence-corrected chi connectivity index (χ0v) is 14.5. The molecule has 0 saturated heterocycles. The lowest BCUT2D eigenvalue weighted by Gasteiger charge is -2.33. The number of benzene rings is 2. The van der Waals surface area contributed by atoms with Crippen LogP contribution in [0, 0.1) is 5.82 Å². The molecule has 0 amide bonds. The molecule has 124 valence electrons. The first-order chi connectivity index (χ1) is 11.7. The Labute approximate surface area is 148 Å². The minimum absolute atomic E-state index is 0.297. The molecule has 3 nitrogen and oxygen atoms in total. The minimum atomic E-state index is -0.750. The van der Waals surface area contributed by atoms with Crippen LogP contribution in [0.2, 0.25) is 0 Å². The van der Waals surface area contributed by atoms with E-state index in [4.69, 9.17) is 14.2 Å². The summed E-state index contributed by atoms with van der Waals surface area (Å²) < 4.78 is 32.1. The van der Waals surface area contributed by atoms with Crippen LogP contribution in [0.15, 0.2) is 53.4 Å². The molecule has 0 atom stereocenters. The van der Waals surface area contributed by atoms with Crippen molar-refractivity contribution in [1.82, 2.24) is 0 Å². The van der Waals surface area contributed by atoms with Crippen LogP contribution in [0.4, 0.5) is 4.39 Å². The summed E-state index contributed by atoms with van der Waals surface area (Å²) in [6.07, 6.45) is 4.80. The first-order valence-corrected chi connectivity index (χ1v) is 8.63. The Kier molecular flexibility index (Phi) is 3.96. The largest absolute Gasteiger partial charge is 0.488 e. The second-order valence-corrected chi connectivity index (χ2v) is 6.80. The third kappa shape index (κ3) is 2.77. The molecular weight excluding hydrogens is 375 g/mol. The van der Waals surface area contributed by atoms with Crippen LogP contribution in [0.25, 0.3) is 0 Å². The van der Waals surface area contributed by atoms with E-state index < -0.39 is 5.79 Å². The summed E-state index contributed by atoms with van der Waals surface area (Å²) in [6, 6.07) is 11.7. The topological polar surface area (TPSA) is 27.7 Å². The van der Waals surface area contributed by atoms with Crippen molar-refractivity contribution in [3.05, 3.63) is 75.9 Å². The van der Waals surface area contributed by atoms with Crippen molar-refractivity contribution in [2.24, 2.45) is 0 Å². The van der Waals surface area contributed by atoms with E-state index in [0.717, 1.165) is 11.1 Å². The molecule has 0 radical (unpaired) electrons. The number of halogens is 2. The van der Waals surface area contributed by atoms with Crippen molar-refractivity contribution < 1.29 is 18.6 Å². The molecule has 2 aromatic rings. The summed E-state index contributed by atoms with van der Waals surface area (Å²) in [4.78, 5) is 0. The fourth-order valence-corrected chi connectivity index (χ4v) is 3.63. The minimum Gasteiger partial charge on any atom is -0.488 e. The van der Waals surface area contributed by atoms with Gasteiger partial charge < -0.3 is 14.2 Å². The zero-order chi connectivity index (χ0) is 16.6. The van der Waals surface area contributed by atoms with E-state index in [0.29, 0.717) is 41.7 Å². The third-order valence-corrected chi connectivity index (χ3v) is 5.19. The molecular formula is C19H16BrFO3. The van der Waals surface area contributed by atoms with Gasteiger partial charge in [-0.25, -0.2) is 4.39 Å². The molecule has 2 aromatic carbocycles. The van der Waals surface area contributed by atoms with E-state index in [1.54, 1.807) is 0 Å². The second kappa shape index (κ2) is 6.13. The SMILES string of the molecule is Fc1c(Br)c(OCc2ccccc2)cc2c1CC1(CC2)OC=CO1. The van der Waals surface area contributed by atoms with Gasteiger partial charge in [-0.1, -0.05) is 30.3 Å². The third-order valence-electron chi connectivity index (χ3n) is 4.45. The Hall–Kier alpha value is -2.01. The summed E-state index contributed by atoms with van der Waals surface area (Å²) in [5.74, 6) is -0.522. The summed E-state index contributed by atoms with van der Waals surface area (Å²) in [6.45, 7) is 0.401. The molecule has 5 heteroatoms. The van der Waals surface area contributed by atoms with E-state index in [9.17, 15) is 4.39 Å². The van der Waals surface area contributed by atoms with Gasteiger partial charge in [0.15, 0.2) is 0 Å². The number of rotatable bonds is 3. The van der Waals surface area contributed by atoms with Gasteiger partial charge in [0.1, 0.15) is 30.7 Å². The number of hydrogen-bond acceptors (Lipinski definition) is 3. The quantitative estimate of drug-likeness (QED) is 0.747. The van der Waals surface area contributed by atoms with Crippen molar-refractivity contribution in [3.63, 3.8) is 0 Å². The fraction of sp³-hybridized carbons (Fsp3) is 0.263. The van der Waals surface area contributed by atoms with Gasteiger partial charge in [0, 0.05) is 12.0 Å². The summed E-state index contributed by atoms with van der Waals surface area (Å²) >= 11 is 3.33. The molecule has 2 aliphatic rings. The number of ether oxygens (including phenoxy) is 3. The molecule has 1 aliphatic carbocycles. The number of aryl methyl sites for hydroxylation is 1. The molecule has 1 heterocycles. The van der Waals surface area contributed by atoms with Gasteiger partial charge in [-0.05, 0) is 39.5 Å². The van der Waals surface area contributed by atoms with Crippen molar-refractivity contribution in [2.45, 2.75) is 31.7 Å². The first kappa shape index (κ1) is 15.5. The predicted octanol–water partition coefficient (Wildman–Crippen LogP) is 4.87. The molecule has 0 unspecified atom stereocenters. The maximum Gasteiger partial charge on any atom is 0.254 e. The highest BCUT2D eigenvalue weighted by Crippen LogP contribution is 2.41. The Morgan fingerprint density at radius 3 is 2.67 bits per heavy atom. The lowest BCUT2D eigenvalue weighted by molar-refractivity contribution is -0.149. The molecule has 24 heavy (non-hydrogen) atoms. The fourth-order valence-electron chi connectivity index (χ4n) is 3.16. The van der Waals surface area contributed by atoms with Crippen LogP contribution in [-0.4, -0.2) is 5.79 Å². The van der Waals surface area contributed by atoms with Gasteiger partial charge in [-0.3, -0.25) is 0 Å². The molecule has 1 aliphatic heterocycles. The lowest BCUT2D eigenvalue weighted by Crippen LogP contribution is -2.37. The van der Waals surface area contributed by atoms with Gasteiger partial charge in [0.05, 0.1) is 10.9 Å². The summed E-state index contributed by atoms with van der Waals surface area (Å²) in [5.41, 5.74) is 2.62. The monoisotopic (exact) mass is 390 g/mol. The average Bonchev–Trinajstić information content (AvgIpc) is 3.06. The summed E-state index contributed by atoms with van der Waals surface area (Å²) in [5, 5.41) is 0. The Morgan fingerprint density at radius 2 is 1.92 bits per heavy atom. The molecule has 4 rings (SSSR count). The molecule has 0 aromatic heterocycles. The maximum atomic E-state index is 14.8. The van der Waals surface area contributed by atoms with E-state index in [2.05, 4.69) is 15.9 Å². The van der Waals surface area contributed by atoms with Crippen LogP contribution in [0.3, 0.4) is 0 Å². The molecule has 0 saturated carbocycles. The Balaban J connectivity index is 1.59. The normalized spacial score (nSPS) is 17.2. The average molecular weight is 391 g/mol. The number of fused-ring (bicyclic) bond motifs is 1. The van der Waals surface area contributed by atoms with E-state index in [1.165, 1.54) is 12.5 Å². The number of hydrogen-bond donors (Lipinski definition) is 0. The standard InChI is InChI=1S/C19H16BrFO3/c20-17-16(22-12-13-4-2-1-3-5-13)10-14-6-7-19(23-8-9-24-19)11-15(14)18(17)21/h1-5,8-10H,6-7,11-12H2. The van der Waals surface area contributed by atoms with Crippen LogP contribution < -0.4 is 4.74 Å². The predicted molar refractivity (Wildman–Crippen MR) is 90.9 cm³/mol. The Bertz CT molecular complexity index is 781. The van der Waals surface area contributed by atoms with Gasteiger partial charge in [-0.15, -0.1) is 0 Å². The van der Waals surface area contributed by atoms with Gasteiger partial charge in [-0.2, -0.15) is 0 Å². The first-order valence-electron chi connectivity index (χ1n) is 7.84. The van der Waals surface area contributed by atoms with E-state index in [1.807, 2.05) is 36.4 Å². The van der Waals surface area contributed by atoms with Crippen LogP contribution in [0.5, 0.6) is 5.75 Å². The summed E-state index contributed by atoms with van der Waals surface area (Å²) in [7, 11) is 0. The molecule has 0 fully saturated rings. The second-order valence-electron chi connectivity index (χ2n) is 6.01. The van der Waals surface area contributed by atoms with E-state index >= 15 is 0 Å². The van der Waals surface area contributed by atoms with Gasteiger partial charge >= 0.3 is 0 Å². The molecule has 0 N–H and O–H groups in total. The highest BCUT2D eigenvalue weighted by Gasteiger charge is 2.41. The lowest BCUT2D eigenvalue weighted by atomic mass is 9.86. The smallest absolute Gasteiger partial charge is 0.254 e. The van der Waals surface area contributed by atoms with Crippen molar-refractivity contribution in [2.75, 3.05) is 0 Å². The van der Waals surface area contributed by atoms with Crippen molar-refractivity contribution in [1.29, 1.82) is 0 Å². The van der Waals surface area contributed by atoms with Gasteiger partial charge in [0.2, 0.25) is 0 Å².